The van der Waals surface area contributed by atoms with Gasteiger partial charge < -0.3 is 9.80 Å². The number of fused-ring (bicyclic) bond motifs is 1. The molecule has 2 aromatic heterocycles. The number of alkyl halides is 1. The lowest BCUT2D eigenvalue weighted by Crippen LogP contribution is -2.48. The summed E-state index contributed by atoms with van der Waals surface area (Å²) in [7, 11) is 4.27. The fraction of sp³-hybridized carbons (Fsp3) is 0.643. The number of nitrogens with zero attached hydrogens (tertiary/aromatic N) is 5. The molecule has 1 saturated heterocycles. The maximum atomic E-state index is 4.82. The van der Waals surface area contributed by atoms with E-state index in [4.69, 9.17) is 4.98 Å². The molecule has 0 bridgehead atoms. The smallest absolute Gasteiger partial charge is 0.195 e. The second kappa shape index (κ2) is 6.64. The van der Waals surface area contributed by atoms with Gasteiger partial charge in [0.25, 0.3) is 0 Å². The second-order valence-electron chi connectivity index (χ2n) is 5.70. The average Bonchev–Trinajstić information content (AvgIpc) is 3.05. The van der Waals surface area contributed by atoms with Crippen molar-refractivity contribution in [2.75, 3.05) is 58.3 Å². The van der Waals surface area contributed by atoms with Gasteiger partial charge in [0.2, 0.25) is 0 Å². The van der Waals surface area contributed by atoms with E-state index in [1.807, 2.05) is 0 Å². The van der Waals surface area contributed by atoms with Crippen LogP contribution < -0.4 is 4.90 Å². The Balaban J connectivity index is 1.66. The Morgan fingerprint density at radius 1 is 1.29 bits per heavy atom. The molecule has 0 saturated carbocycles. The molecule has 5 nitrogen and oxygen atoms in total. The van der Waals surface area contributed by atoms with Crippen LogP contribution in [0.25, 0.3) is 4.96 Å². The van der Waals surface area contributed by atoms with Crippen molar-refractivity contribution in [2.24, 2.45) is 0 Å². The minimum atomic E-state index is 0.848. The predicted molar refractivity (Wildman–Crippen MR) is 92.9 cm³/mol. The monoisotopic (exact) mass is 371 g/mol. The van der Waals surface area contributed by atoms with Gasteiger partial charge in [0.05, 0.1) is 5.69 Å². The van der Waals surface area contributed by atoms with Gasteiger partial charge in [-0.2, -0.15) is 0 Å². The zero-order valence-electron chi connectivity index (χ0n) is 12.6. The van der Waals surface area contributed by atoms with Gasteiger partial charge in [-0.15, -0.1) is 11.3 Å². The average molecular weight is 372 g/mol. The van der Waals surface area contributed by atoms with Gasteiger partial charge in [-0.05, 0) is 14.1 Å². The van der Waals surface area contributed by atoms with Crippen LogP contribution in [0.15, 0.2) is 11.6 Å². The van der Waals surface area contributed by atoms with Crippen molar-refractivity contribution in [3.05, 3.63) is 17.3 Å². The number of halogens is 1. The van der Waals surface area contributed by atoms with E-state index in [9.17, 15) is 0 Å². The van der Waals surface area contributed by atoms with E-state index < -0.39 is 0 Å². The van der Waals surface area contributed by atoms with E-state index in [2.05, 4.69) is 60.7 Å². The topological polar surface area (TPSA) is 27.0 Å². The Labute approximate surface area is 138 Å². The molecular weight excluding hydrogens is 350 g/mol. The molecule has 0 amide bonds. The molecule has 0 spiro atoms. The fourth-order valence-electron chi connectivity index (χ4n) is 2.72. The van der Waals surface area contributed by atoms with Gasteiger partial charge in [-0.1, -0.05) is 15.9 Å². The molecule has 2 aromatic rings. The highest BCUT2D eigenvalue weighted by Crippen LogP contribution is 2.27. The first-order valence-electron chi connectivity index (χ1n) is 7.31. The van der Waals surface area contributed by atoms with E-state index >= 15 is 0 Å². The lowest BCUT2D eigenvalue weighted by molar-refractivity contribution is 0.229. The molecule has 0 N–H and O–H groups in total. The first-order chi connectivity index (χ1) is 10.2. The van der Waals surface area contributed by atoms with Crippen molar-refractivity contribution in [3.63, 3.8) is 0 Å². The van der Waals surface area contributed by atoms with Gasteiger partial charge in [-0.3, -0.25) is 9.30 Å². The summed E-state index contributed by atoms with van der Waals surface area (Å²) >= 11 is 5.32. The minimum absolute atomic E-state index is 0.848. The molecule has 1 aliphatic rings. The highest BCUT2D eigenvalue weighted by Gasteiger charge is 2.22. The summed E-state index contributed by atoms with van der Waals surface area (Å²) in [6, 6.07) is 0. The number of imidazole rings is 1. The van der Waals surface area contributed by atoms with Gasteiger partial charge in [-0.25, -0.2) is 4.98 Å². The van der Waals surface area contributed by atoms with Crippen molar-refractivity contribution in [2.45, 2.75) is 5.33 Å². The molecule has 116 valence electrons. The van der Waals surface area contributed by atoms with Crippen LogP contribution in [0.5, 0.6) is 0 Å². The van der Waals surface area contributed by atoms with Crippen molar-refractivity contribution in [1.29, 1.82) is 0 Å². The van der Waals surface area contributed by atoms with Crippen LogP contribution in [-0.2, 0) is 5.33 Å². The molecule has 21 heavy (non-hydrogen) atoms. The number of anilines is 1. The lowest BCUT2D eigenvalue weighted by Gasteiger charge is -2.35. The number of aromatic nitrogens is 2. The summed E-state index contributed by atoms with van der Waals surface area (Å²) in [6.45, 7) is 6.68. The van der Waals surface area contributed by atoms with Gasteiger partial charge in [0.15, 0.2) is 10.8 Å². The lowest BCUT2D eigenvalue weighted by atomic mass is 10.3. The zero-order valence-corrected chi connectivity index (χ0v) is 15.0. The van der Waals surface area contributed by atoms with E-state index in [0.717, 1.165) is 55.4 Å². The molecule has 1 aliphatic heterocycles. The molecule has 3 rings (SSSR count). The quantitative estimate of drug-likeness (QED) is 0.750. The van der Waals surface area contributed by atoms with Crippen molar-refractivity contribution >= 4 is 38.0 Å². The molecule has 0 atom stereocenters. The largest absolute Gasteiger partial charge is 0.352 e. The summed E-state index contributed by atoms with van der Waals surface area (Å²) in [6.07, 6.45) is 2.11. The number of rotatable bonds is 5. The second-order valence-corrected chi connectivity index (χ2v) is 7.14. The number of likely N-dealkylation sites (N-methyl/N-ethyl adjacent to an activating group) is 1. The fourth-order valence-corrected chi connectivity index (χ4v) is 3.97. The summed E-state index contributed by atoms with van der Waals surface area (Å²) in [5.74, 6) is 1.16. The summed E-state index contributed by atoms with van der Waals surface area (Å²) < 4.78 is 2.20. The molecular formula is C14H22BrN5S. The third-order valence-electron chi connectivity index (χ3n) is 4.00. The third kappa shape index (κ3) is 3.26. The molecule has 3 heterocycles. The summed E-state index contributed by atoms with van der Waals surface area (Å²) in [5, 5.41) is 2.94. The first-order valence-corrected chi connectivity index (χ1v) is 9.31. The SMILES string of the molecule is CN(C)CCN1CCN(c2nc3sccn3c2CBr)CC1. The Bertz CT molecular complexity index is 585. The standard InChI is InChI=1S/C14H22BrN5S/c1-17(2)3-4-18-5-7-19(8-6-18)13-12(11-15)20-9-10-21-14(20)16-13/h9-10H,3-8,11H2,1-2H3. The van der Waals surface area contributed by atoms with E-state index in [1.54, 1.807) is 11.3 Å². The molecule has 7 heteroatoms. The summed E-state index contributed by atoms with van der Waals surface area (Å²) in [5.41, 5.74) is 1.27. The van der Waals surface area contributed by atoms with Crippen molar-refractivity contribution in [3.8, 4) is 0 Å². The van der Waals surface area contributed by atoms with Crippen LogP contribution in [0.3, 0.4) is 0 Å². The van der Waals surface area contributed by atoms with Gasteiger partial charge in [0, 0.05) is 56.2 Å². The summed E-state index contributed by atoms with van der Waals surface area (Å²) in [4.78, 5) is 13.1. The van der Waals surface area contributed by atoms with Gasteiger partial charge in [0.1, 0.15) is 0 Å². The predicted octanol–water partition coefficient (Wildman–Crippen LogP) is 1.97. The first kappa shape index (κ1) is 15.3. The van der Waals surface area contributed by atoms with Crippen LogP contribution >= 0.6 is 27.3 Å². The molecule has 1 fully saturated rings. The maximum absolute atomic E-state index is 4.82. The Morgan fingerprint density at radius 2 is 2.05 bits per heavy atom. The van der Waals surface area contributed by atoms with Crippen LogP contribution in [0.2, 0.25) is 0 Å². The van der Waals surface area contributed by atoms with Crippen molar-refractivity contribution < 1.29 is 0 Å². The normalized spacial score (nSPS) is 17.2. The molecule has 0 aliphatic carbocycles. The van der Waals surface area contributed by atoms with Crippen LogP contribution in [0, 0.1) is 0 Å². The number of thiazole rings is 1. The van der Waals surface area contributed by atoms with Crippen molar-refractivity contribution in [1.82, 2.24) is 19.2 Å². The molecule has 0 unspecified atom stereocenters. The number of hydrogen-bond donors (Lipinski definition) is 0. The van der Waals surface area contributed by atoms with Crippen LogP contribution in [-0.4, -0.2) is 72.5 Å². The van der Waals surface area contributed by atoms with E-state index in [0.29, 0.717) is 0 Å². The van der Waals surface area contributed by atoms with E-state index in [1.165, 1.54) is 5.69 Å². The van der Waals surface area contributed by atoms with Gasteiger partial charge >= 0.3 is 0 Å². The maximum Gasteiger partial charge on any atom is 0.195 e. The highest BCUT2D eigenvalue weighted by molar-refractivity contribution is 9.08. The Morgan fingerprint density at radius 3 is 2.71 bits per heavy atom. The molecule has 0 radical (unpaired) electrons. The molecule has 0 aromatic carbocycles. The highest BCUT2D eigenvalue weighted by atomic mass is 79.9. The van der Waals surface area contributed by atoms with E-state index in [-0.39, 0.29) is 0 Å². The minimum Gasteiger partial charge on any atom is -0.352 e. The zero-order chi connectivity index (χ0) is 14.8. The number of piperazine rings is 1. The van der Waals surface area contributed by atoms with Crippen LogP contribution in [0.1, 0.15) is 5.69 Å². The third-order valence-corrected chi connectivity index (χ3v) is 5.29. The van der Waals surface area contributed by atoms with Crippen LogP contribution in [0.4, 0.5) is 5.82 Å². The number of hydrogen-bond acceptors (Lipinski definition) is 5. The Hall–Kier alpha value is -0.630. The Kier molecular flexibility index (Phi) is 4.83.